The molecule has 0 saturated heterocycles. The quantitative estimate of drug-likeness (QED) is 0.718. The number of nitrogens with one attached hydrogen (secondary N) is 1. The van der Waals surface area contributed by atoms with Crippen molar-refractivity contribution in [2.24, 2.45) is 5.92 Å². The molecule has 0 bridgehead atoms. The van der Waals surface area contributed by atoms with Crippen LogP contribution in [0.15, 0.2) is 6.20 Å². The molecular formula is C11H16N2S. The molecule has 0 spiro atoms. The molecule has 0 saturated carbocycles. The van der Waals surface area contributed by atoms with Gasteiger partial charge >= 0.3 is 0 Å². The minimum atomic E-state index is 0.622. The third kappa shape index (κ3) is 1.73. The maximum Gasteiger partial charge on any atom is 0.196 e. The second kappa shape index (κ2) is 3.81. The average molecular weight is 208 g/mol. The summed E-state index contributed by atoms with van der Waals surface area (Å²) >= 11 is 5.07. The fourth-order valence-corrected chi connectivity index (χ4v) is 2.45. The van der Waals surface area contributed by atoms with Crippen LogP contribution in [0.5, 0.6) is 0 Å². The highest BCUT2D eigenvalue weighted by Gasteiger charge is 2.23. The lowest BCUT2D eigenvalue weighted by Crippen LogP contribution is -2.17. The number of hydrogen-bond donors (Lipinski definition) is 1. The van der Waals surface area contributed by atoms with E-state index in [2.05, 4.69) is 23.8 Å². The first-order chi connectivity index (χ1) is 6.68. The zero-order chi connectivity index (χ0) is 10.1. The first-order valence-electron chi connectivity index (χ1n) is 5.26. The van der Waals surface area contributed by atoms with E-state index in [-0.39, 0.29) is 0 Å². The van der Waals surface area contributed by atoms with Crippen LogP contribution in [-0.2, 0) is 6.42 Å². The molecular weight excluding hydrogens is 192 g/mol. The topological polar surface area (TPSA) is 28.7 Å². The third-order valence-electron chi connectivity index (χ3n) is 3.06. The first-order valence-corrected chi connectivity index (χ1v) is 5.67. The summed E-state index contributed by atoms with van der Waals surface area (Å²) in [5, 5.41) is 0. The van der Waals surface area contributed by atoms with Crippen LogP contribution in [0.1, 0.15) is 43.9 Å². The van der Waals surface area contributed by atoms with E-state index in [1.165, 1.54) is 24.1 Å². The molecule has 0 aliphatic heterocycles. The predicted molar refractivity (Wildman–Crippen MR) is 59.9 cm³/mol. The molecule has 1 unspecified atom stereocenters. The molecule has 1 atom stereocenters. The Morgan fingerprint density at radius 2 is 2.36 bits per heavy atom. The van der Waals surface area contributed by atoms with Gasteiger partial charge in [0.25, 0.3) is 0 Å². The van der Waals surface area contributed by atoms with E-state index >= 15 is 0 Å². The maximum absolute atomic E-state index is 5.07. The van der Waals surface area contributed by atoms with Crippen molar-refractivity contribution in [3.8, 4) is 0 Å². The summed E-state index contributed by atoms with van der Waals surface area (Å²) in [5.41, 5.74) is 2.70. The molecule has 1 aromatic rings. The number of aromatic amines is 1. The van der Waals surface area contributed by atoms with Crippen LogP contribution in [0.4, 0.5) is 0 Å². The van der Waals surface area contributed by atoms with Gasteiger partial charge < -0.3 is 4.98 Å². The monoisotopic (exact) mass is 208 g/mol. The van der Waals surface area contributed by atoms with E-state index in [4.69, 9.17) is 12.2 Å². The Bertz CT molecular complexity index is 381. The Hall–Kier alpha value is -0.700. The van der Waals surface area contributed by atoms with Gasteiger partial charge in [-0.15, -0.1) is 0 Å². The number of H-pyrrole nitrogens is 1. The highest BCUT2D eigenvalue weighted by molar-refractivity contribution is 7.71. The van der Waals surface area contributed by atoms with Crippen molar-refractivity contribution in [2.75, 3.05) is 0 Å². The number of hydrogen-bond acceptors (Lipinski definition) is 2. The van der Waals surface area contributed by atoms with Crippen LogP contribution in [0, 0.1) is 10.7 Å². The van der Waals surface area contributed by atoms with E-state index in [0.717, 1.165) is 6.42 Å². The van der Waals surface area contributed by atoms with Crippen molar-refractivity contribution < 1.29 is 0 Å². The number of nitrogens with zero attached hydrogens (tertiary/aromatic N) is 1. The Morgan fingerprint density at radius 3 is 3.07 bits per heavy atom. The van der Waals surface area contributed by atoms with Crippen LogP contribution in [0.2, 0.25) is 0 Å². The molecule has 3 heteroatoms. The molecule has 1 heterocycles. The number of rotatable bonds is 1. The Morgan fingerprint density at radius 1 is 1.57 bits per heavy atom. The SMILES string of the molecule is CC(C)C1CCCc2cnc(=S)[nH]c21. The molecule has 0 fully saturated rings. The molecule has 1 aliphatic carbocycles. The number of fused-ring (bicyclic) bond motifs is 1. The zero-order valence-corrected chi connectivity index (χ0v) is 9.53. The second-order valence-electron chi connectivity index (χ2n) is 4.37. The van der Waals surface area contributed by atoms with Crippen molar-refractivity contribution in [2.45, 2.75) is 39.0 Å². The van der Waals surface area contributed by atoms with E-state index < -0.39 is 0 Å². The van der Waals surface area contributed by atoms with Gasteiger partial charge in [-0.25, -0.2) is 4.98 Å². The summed E-state index contributed by atoms with van der Waals surface area (Å²) in [6.07, 6.45) is 5.66. The summed E-state index contributed by atoms with van der Waals surface area (Å²) in [6.45, 7) is 4.55. The Kier molecular flexibility index (Phi) is 2.68. The highest BCUT2D eigenvalue weighted by atomic mass is 32.1. The summed E-state index contributed by atoms with van der Waals surface area (Å²) in [5.74, 6) is 1.32. The van der Waals surface area contributed by atoms with Gasteiger partial charge in [0.15, 0.2) is 4.77 Å². The zero-order valence-electron chi connectivity index (χ0n) is 8.71. The Labute approximate surface area is 89.8 Å². The highest BCUT2D eigenvalue weighted by Crippen LogP contribution is 2.34. The summed E-state index contributed by atoms with van der Waals surface area (Å²) in [7, 11) is 0. The summed E-state index contributed by atoms with van der Waals surface area (Å²) in [4.78, 5) is 7.41. The summed E-state index contributed by atoms with van der Waals surface area (Å²) in [6, 6.07) is 0. The molecule has 2 nitrogen and oxygen atoms in total. The fourth-order valence-electron chi connectivity index (χ4n) is 2.29. The van der Waals surface area contributed by atoms with Crippen LogP contribution < -0.4 is 0 Å². The van der Waals surface area contributed by atoms with E-state index in [0.29, 0.717) is 16.6 Å². The fraction of sp³-hybridized carbons (Fsp3) is 0.636. The van der Waals surface area contributed by atoms with Crippen molar-refractivity contribution in [3.05, 3.63) is 22.2 Å². The van der Waals surface area contributed by atoms with E-state index in [9.17, 15) is 0 Å². The summed E-state index contributed by atoms with van der Waals surface area (Å²) < 4.78 is 0.622. The molecule has 0 radical (unpaired) electrons. The van der Waals surface area contributed by atoms with Gasteiger partial charge in [0, 0.05) is 17.8 Å². The van der Waals surface area contributed by atoms with Crippen LogP contribution >= 0.6 is 12.2 Å². The van der Waals surface area contributed by atoms with E-state index in [1.54, 1.807) is 0 Å². The molecule has 1 aromatic heterocycles. The van der Waals surface area contributed by atoms with Gasteiger partial charge in [0.2, 0.25) is 0 Å². The van der Waals surface area contributed by atoms with Crippen molar-refractivity contribution in [3.63, 3.8) is 0 Å². The van der Waals surface area contributed by atoms with Gasteiger partial charge in [0.1, 0.15) is 0 Å². The smallest absolute Gasteiger partial charge is 0.196 e. The maximum atomic E-state index is 5.07. The van der Waals surface area contributed by atoms with Crippen LogP contribution in [0.3, 0.4) is 0 Å². The molecule has 2 rings (SSSR count). The molecule has 1 N–H and O–H groups in total. The van der Waals surface area contributed by atoms with Crippen molar-refractivity contribution >= 4 is 12.2 Å². The number of aryl methyl sites for hydroxylation is 1. The molecule has 14 heavy (non-hydrogen) atoms. The predicted octanol–water partition coefficient (Wildman–Crippen LogP) is 3.22. The molecule has 76 valence electrons. The van der Waals surface area contributed by atoms with Gasteiger partial charge in [-0.3, -0.25) is 0 Å². The second-order valence-corrected chi connectivity index (χ2v) is 4.76. The third-order valence-corrected chi connectivity index (χ3v) is 3.27. The largest absolute Gasteiger partial charge is 0.334 e. The molecule has 0 amide bonds. The lowest BCUT2D eigenvalue weighted by atomic mass is 9.81. The lowest BCUT2D eigenvalue weighted by molar-refractivity contribution is 0.421. The van der Waals surface area contributed by atoms with Gasteiger partial charge in [-0.2, -0.15) is 0 Å². The molecule has 0 aromatic carbocycles. The van der Waals surface area contributed by atoms with Gasteiger partial charge in [-0.05, 0) is 43.0 Å². The Balaban J connectivity index is 2.47. The lowest BCUT2D eigenvalue weighted by Gasteiger charge is -2.27. The van der Waals surface area contributed by atoms with Crippen LogP contribution in [0.25, 0.3) is 0 Å². The van der Waals surface area contributed by atoms with Crippen LogP contribution in [-0.4, -0.2) is 9.97 Å². The number of aromatic nitrogens is 2. The standard InChI is InChI=1S/C11H16N2S/c1-7(2)9-5-3-4-8-6-12-11(14)13-10(8)9/h6-7,9H,3-5H2,1-2H3,(H,12,13,14). The first kappa shape index (κ1) is 9.84. The normalized spacial score (nSPS) is 20.9. The van der Waals surface area contributed by atoms with Crippen molar-refractivity contribution in [1.82, 2.24) is 9.97 Å². The van der Waals surface area contributed by atoms with Crippen molar-refractivity contribution in [1.29, 1.82) is 0 Å². The molecule has 1 aliphatic rings. The van der Waals surface area contributed by atoms with Gasteiger partial charge in [-0.1, -0.05) is 13.8 Å². The van der Waals surface area contributed by atoms with E-state index in [1.807, 2.05) is 6.20 Å². The minimum absolute atomic E-state index is 0.622. The average Bonchev–Trinajstić information content (AvgIpc) is 2.16. The van der Waals surface area contributed by atoms with Gasteiger partial charge in [0.05, 0.1) is 0 Å². The minimum Gasteiger partial charge on any atom is -0.334 e.